The third-order valence-corrected chi connectivity index (χ3v) is 7.95. The van der Waals surface area contributed by atoms with Crippen LogP contribution in [0.3, 0.4) is 0 Å². The zero-order chi connectivity index (χ0) is 28.5. The lowest BCUT2D eigenvalue weighted by atomic mass is 9.75. The molecule has 1 fully saturated rings. The predicted octanol–water partition coefficient (Wildman–Crippen LogP) is 6.39. The normalized spacial score (nSPS) is 16.4. The number of rotatable bonds is 12. The van der Waals surface area contributed by atoms with Gasteiger partial charge in [0.05, 0.1) is 12.1 Å². The highest BCUT2D eigenvalue weighted by Crippen LogP contribution is 2.38. The lowest BCUT2D eigenvalue weighted by molar-refractivity contribution is -0.120. The number of aliphatic hydroxyl groups is 1. The Balaban J connectivity index is 1.48. The first kappa shape index (κ1) is 29.8. The molecule has 3 N–H and O–H groups in total. The Kier molecular flexibility index (Phi) is 10.3. The molecule has 2 atom stereocenters. The maximum atomic E-state index is 14.5. The monoisotopic (exact) mass is 546 g/mol. The quantitative estimate of drug-likeness (QED) is 0.246. The largest absolute Gasteiger partial charge is 0.489 e. The van der Waals surface area contributed by atoms with E-state index in [1.807, 2.05) is 30.3 Å². The Bertz CT molecular complexity index is 1240. The molecule has 6 heteroatoms. The summed E-state index contributed by atoms with van der Waals surface area (Å²) in [6, 6.07) is 22.5. The number of amides is 1. The average molecular weight is 547 g/mol. The van der Waals surface area contributed by atoms with Crippen molar-refractivity contribution >= 4 is 5.91 Å². The lowest BCUT2D eigenvalue weighted by Gasteiger charge is -2.40. The molecule has 0 spiro atoms. The van der Waals surface area contributed by atoms with E-state index in [0.717, 1.165) is 31.2 Å². The molecule has 3 aromatic rings. The molecular weight excluding hydrogens is 503 g/mol. The molecule has 1 amide bonds. The first-order valence-electron chi connectivity index (χ1n) is 14.5. The summed E-state index contributed by atoms with van der Waals surface area (Å²) in [4.78, 5) is 12.1. The summed E-state index contributed by atoms with van der Waals surface area (Å²) >= 11 is 0. The van der Waals surface area contributed by atoms with Crippen molar-refractivity contribution in [2.75, 3.05) is 6.54 Å². The van der Waals surface area contributed by atoms with Gasteiger partial charge in [0.25, 0.3) is 0 Å². The van der Waals surface area contributed by atoms with Gasteiger partial charge in [-0.3, -0.25) is 4.79 Å². The van der Waals surface area contributed by atoms with E-state index in [-0.39, 0.29) is 17.9 Å². The fraction of sp³-hybridized carbons (Fsp3) is 0.441. The Morgan fingerprint density at radius 1 is 0.975 bits per heavy atom. The highest BCUT2D eigenvalue weighted by molar-refractivity contribution is 5.73. The zero-order valence-electron chi connectivity index (χ0n) is 24.0. The van der Waals surface area contributed by atoms with Gasteiger partial charge in [-0.05, 0) is 59.6 Å². The molecule has 0 aromatic heterocycles. The van der Waals surface area contributed by atoms with Crippen molar-refractivity contribution in [3.8, 4) is 5.75 Å². The third kappa shape index (κ3) is 8.15. The molecule has 1 aliphatic rings. The van der Waals surface area contributed by atoms with Crippen LogP contribution in [-0.2, 0) is 23.4 Å². The number of halogens is 1. The molecule has 214 valence electrons. The lowest BCUT2D eigenvalue weighted by Crippen LogP contribution is -2.53. The molecule has 3 aromatic carbocycles. The second-order valence-corrected chi connectivity index (χ2v) is 11.5. The van der Waals surface area contributed by atoms with E-state index >= 15 is 0 Å². The summed E-state index contributed by atoms with van der Waals surface area (Å²) < 4.78 is 20.4. The van der Waals surface area contributed by atoms with Crippen LogP contribution in [0.4, 0.5) is 4.39 Å². The maximum absolute atomic E-state index is 14.5. The maximum Gasteiger partial charge on any atom is 0.217 e. The molecule has 0 heterocycles. The second kappa shape index (κ2) is 13.9. The highest BCUT2D eigenvalue weighted by Gasteiger charge is 2.35. The minimum atomic E-state index is -0.868. The molecule has 1 saturated carbocycles. The van der Waals surface area contributed by atoms with Crippen molar-refractivity contribution in [1.29, 1.82) is 0 Å². The number of nitrogens with one attached hydrogen (secondary N) is 2. The van der Waals surface area contributed by atoms with Gasteiger partial charge < -0.3 is 20.5 Å². The van der Waals surface area contributed by atoms with Gasteiger partial charge in [-0.25, -0.2) is 4.39 Å². The molecule has 0 aliphatic heterocycles. The Labute approximate surface area is 238 Å². The van der Waals surface area contributed by atoms with Gasteiger partial charge in [-0.15, -0.1) is 0 Å². The number of ether oxygens (including phenoxy) is 1. The first-order chi connectivity index (χ1) is 19.2. The number of aliphatic hydroxyl groups excluding tert-OH is 1. The molecule has 0 bridgehead atoms. The van der Waals surface area contributed by atoms with Crippen LogP contribution in [0.1, 0.15) is 81.0 Å². The van der Waals surface area contributed by atoms with Crippen molar-refractivity contribution in [3.05, 3.63) is 101 Å². The van der Waals surface area contributed by atoms with E-state index in [0.29, 0.717) is 30.4 Å². The standard InChI is InChI=1S/C34H43FN2O3/c1-24(2)28-13-10-14-29(20-28)34(15-8-5-9-16-34)36-22-33(39)32(37-25(3)38)19-27-17-30(35)21-31(18-27)40-23-26-11-6-4-7-12-26/h4,6-7,10-14,17-18,20-21,24,32-33,36,39H,5,8-9,15-16,19,22-23H2,1-3H3,(H,37,38)/t32-,33-/m0/s1. The van der Waals surface area contributed by atoms with Crippen molar-refractivity contribution in [3.63, 3.8) is 0 Å². The molecular formula is C34H43FN2O3. The summed E-state index contributed by atoms with van der Waals surface area (Å²) in [5, 5.41) is 18.0. The van der Waals surface area contributed by atoms with Crippen molar-refractivity contribution in [2.45, 2.75) is 89.5 Å². The minimum Gasteiger partial charge on any atom is -0.489 e. The van der Waals surface area contributed by atoms with Gasteiger partial charge in [-0.2, -0.15) is 0 Å². The van der Waals surface area contributed by atoms with Gasteiger partial charge >= 0.3 is 0 Å². The summed E-state index contributed by atoms with van der Waals surface area (Å²) in [5.41, 5.74) is 3.98. The minimum absolute atomic E-state index is 0.220. The Hall–Kier alpha value is -3.22. The van der Waals surface area contributed by atoms with Crippen LogP contribution in [0.2, 0.25) is 0 Å². The van der Waals surface area contributed by atoms with Crippen LogP contribution in [-0.4, -0.2) is 29.7 Å². The average Bonchev–Trinajstić information content (AvgIpc) is 2.95. The van der Waals surface area contributed by atoms with E-state index in [4.69, 9.17) is 4.74 Å². The van der Waals surface area contributed by atoms with Crippen molar-refractivity contribution in [1.82, 2.24) is 10.6 Å². The van der Waals surface area contributed by atoms with E-state index < -0.39 is 18.0 Å². The summed E-state index contributed by atoms with van der Waals surface area (Å²) in [7, 11) is 0. The molecule has 1 aliphatic carbocycles. The van der Waals surface area contributed by atoms with Crippen LogP contribution in [0.25, 0.3) is 0 Å². The van der Waals surface area contributed by atoms with E-state index in [1.165, 1.54) is 36.6 Å². The van der Waals surface area contributed by atoms with Crippen LogP contribution in [0, 0.1) is 5.82 Å². The topological polar surface area (TPSA) is 70.6 Å². The fourth-order valence-electron chi connectivity index (χ4n) is 5.72. The van der Waals surface area contributed by atoms with Gasteiger partial charge in [0, 0.05) is 25.1 Å². The highest BCUT2D eigenvalue weighted by atomic mass is 19.1. The Morgan fingerprint density at radius 2 is 1.73 bits per heavy atom. The van der Waals surface area contributed by atoms with Crippen LogP contribution < -0.4 is 15.4 Å². The predicted molar refractivity (Wildman–Crippen MR) is 158 cm³/mol. The van der Waals surface area contributed by atoms with E-state index in [2.05, 4.69) is 48.7 Å². The molecule has 5 nitrogen and oxygen atoms in total. The molecule has 0 unspecified atom stereocenters. The SMILES string of the molecule is CC(=O)N[C@@H](Cc1cc(F)cc(OCc2ccccc2)c1)[C@@H](O)CNC1(c2cccc(C(C)C)c2)CCCCC1. The summed E-state index contributed by atoms with van der Waals surface area (Å²) in [6.07, 6.45) is 4.86. The van der Waals surface area contributed by atoms with Gasteiger partial charge in [-0.1, -0.05) is 87.7 Å². The molecule has 0 saturated heterocycles. The van der Waals surface area contributed by atoms with Crippen LogP contribution >= 0.6 is 0 Å². The number of hydrogen-bond acceptors (Lipinski definition) is 4. The number of hydrogen-bond donors (Lipinski definition) is 3. The number of carbonyl (C=O) groups is 1. The fourth-order valence-corrected chi connectivity index (χ4v) is 5.72. The zero-order valence-corrected chi connectivity index (χ0v) is 24.0. The van der Waals surface area contributed by atoms with Crippen molar-refractivity contribution in [2.24, 2.45) is 0 Å². The third-order valence-electron chi connectivity index (χ3n) is 7.95. The molecule has 0 radical (unpaired) electrons. The van der Waals surface area contributed by atoms with Gasteiger partial charge in [0.15, 0.2) is 0 Å². The molecule has 4 rings (SSSR count). The second-order valence-electron chi connectivity index (χ2n) is 11.5. The van der Waals surface area contributed by atoms with Crippen LogP contribution in [0.5, 0.6) is 5.75 Å². The number of carbonyl (C=O) groups excluding carboxylic acids is 1. The van der Waals surface area contributed by atoms with Crippen LogP contribution in [0.15, 0.2) is 72.8 Å². The number of benzene rings is 3. The van der Waals surface area contributed by atoms with E-state index in [1.54, 1.807) is 6.07 Å². The van der Waals surface area contributed by atoms with E-state index in [9.17, 15) is 14.3 Å². The smallest absolute Gasteiger partial charge is 0.217 e. The van der Waals surface area contributed by atoms with Gasteiger partial charge in [0.2, 0.25) is 5.91 Å². The summed E-state index contributed by atoms with van der Waals surface area (Å²) in [5.74, 6) is 0.196. The van der Waals surface area contributed by atoms with Gasteiger partial charge in [0.1, 0.15) is 18.2 Å². The molecule has 40 heavy (non-hydrogen) atoms. The van der Waals surface area contributed by atoms with Crippen molar-refractivity contribution < 1.29 is 19.0 Å². The Morgan fingerprint density at radius 3 is 2.42 bits per heavy atom. The first-order valence-corrected chi connectivity index (χ1v) is 14.5. The summed E-state index contributed by atoms with van der Waals surface area (Å²) in [6.45, 7) is 6.47.